The smallest absolute Gasteiger partial charge is 0.151 e. The van der Waals surface area contributed by atoms with Crippen LogP contribution in [0.5, 0.6) is 5.75 Å². The van der Waals surface area contributed by atoms with Gasteiger partial charge in [-0.05, 0) is 40.2 Å². The molecule has 0 bridgehead atoms. The Morgan fingerprint density at radius 2 is 2.14 bits per heavy atom. The highest BCUT2D eigenvalue weighted by Gasteiger charge is 2.15. The largest absolute Gasteiger partial charge is 0.495 e. The first-order valence-electron chi connectivity index (χ1n) is 6.21. The molecule has 0 aliphatic heterocycles. The summed E-state index contributed by atoms with van der Waals surface area (Å²) in [6.45, 7) is 0. The number of methoxy groups -OCH3 is 1. The summed E-state index contributed by atoms with van der Waals surface area (Å²) in [5, 5.41) is 0. The summed E-state index contributed by atoms with van der Waals surface area (Å²) in [6.07, 6.45) is 0. The summed E-state index contributed by atoms with van der Waals surface area (Å²) in [5.74, 6) is 1.10. The number of aromatic nitrogens is 2. The van der Waals surface area contributed by atoms with E-state index < -0.39 is 0 Å². The van der Waals surface area contributed by atoms with Crippen molar-refractivity contribution in [2.24, 2.45) is 0 Å². The maximum Gasteiger partial charge on any atom is 0.151 e. The SMILES string of the molecule is COc1cc(-n2c(CCl)nc3c(F)cccc32)ccc1Br. The van der Waals surface area contributed by atoms with E-state index in [2.05, 4.69) is 20.9 Å². The molecule has 1 heterocycles. The number of alkyl halides is 1. The summed E-state index contributed by atoms with van der Waals surface area (Å²) in [4.78, 5) is 4.29. The number of ether oxygens (including phenoxy) is 1. The molecule has 3 aromatic rings. The van der Waals surface area contributed by atoms with Crippen LogP contribution in [0.2, 0.25) is 0 Å². The van der Waals surface area contributed by atoms with Gasteiger partial charge in [0.15, 0.2) is 5.82 Å². The minimum Gasteiger partial charge on any atom is -0.495 e. The van der Waals surface area contributed by atoms with Gasteiger partial charge in [0.2, 0.25) is 0 Å². The predicted molar refractivity (Wildman–Crippen MR) is 84.8 cm³/mol. The lowest BCUT2D eigenvalue weighted by Gasteiger charge is -2.10. The number of imidazole rings is 1. The predicted octanol–water partition coefficient (Wildman–Crippen LogP) is 4.67. The normalized spacial score (nSPS) is 11.0. The van der Waals surface area contributed by atoms with Gasteiger partial charge in [-0.2, -0.15) is 0 Å². The van der Waals surface area contributed by atoms with Gasteiger partial charge in [0.1, 0.15) is 17.1 Å². The molecular formula is C15H11BrClFN2O. The van der Waals surface area contributed by atoms with Gasteiger partial charge in [-0.15, -0.1) is 11.6 Å². The molecule has 0 spiro atoms. The average molecular weight is 370 g/mol. The van der Waals surface area contributed by atoms with E-state index in [4.69, 9.17) is 16.3 Å². The Morgan fingerprint density at radius 3 is 2.86 bits per heavy atom. The van der Waals surface area contributed by atoms with Crippen molar-refractivity contribution in [3.63, 3.8) is 0 Å². The van der Waals surface area contributed by atoms with Crippen molar-refractivity contribution in [3.8, 4) is 11.4 Å². The van der Waals surface area contributed by atoms with Crippen molar-refractivity contribution in [2.45, 2.75) is 5.88 Å². The van der Waals surface area contributed by atoms with Crippen molar-refractivity contribution < 1.29 is 9.13 Å². The van der Waals surface area contributed by atoms with Gasteiger partial charge >= 0.3 is 0 Å². The Hall–Kier alpha value is -1.59. The van der Waals surface area contributed by atoms with Crippen LogP contribution in [0, 0.1) is 5.82 Å². The molecule has 0 amide bonds. The molecule has 108 valence electrons. The molecule has 0 aliphatic carbocycles. The van der Waals surface area contributed by atoms with Crippen LogP contribution < -0.4 is 4.74 Å². The lowest BCUT2D eigenvalue weighted by atomic mass is 10.2. The molecule has 3 rings (SSSR count). The van der Waals surface area contributed by atoms with E-state index in [0.717, 1.165) is 10.2 Å². The number of halogens is 3. The molecule has 0 saturated carbocycles. The van der Waals surface area contributed by atoms with Crippen LogP contribution >= 0.6 is 27.5 Å². The van der Waals surface area contributed by atoms with E-state index in [-0.39, 0.29) is 11.7 Å². The van der Waals surface area contributed by atoms with Crippen molar-refractivity contribution in [3.05, 3.63) is 52.5 Å². The van der Waals surface area contributed by atoms with Crippen LogP contribution in [0.15, 0.2) is 40.9 Å². The van der Waals surface area contributed by atoms with Crippen LogP contribution in [0.4, 0.5) is 4.39 Å². The highest BCUT2D eigenvalue weighted by Crippen LogP contribution is 2.30. The van der Waals surface area contributed by atoms with E-state index in [1.165, 1.54) is 6.07 Å². The van der Waals surface area contributed by atoms with Crippen molar-refractivity contribution in [1.29, 1.82) is 0 Å². The summed E-state index contributed by atoms with van der Waals surface area (Å²) in [7, 11) is 1.60. The third-order valence-electron chi connectivity index (χ3n) is 3.22. The second-order valence-corrected chi connectivity index (χ2v) is 5.55. The van der Waals surface area contributed by atoms with Crippen LogP contribution in [0.25, 0.3) is 16.7 Å². The van der Waals surface area contributed by atoms with Gasteiger partial charge in [0, 0.05) is 6.07 Å². The molecule has 1 aromatic heterocycles. The molecule has 21 heavy (non-hydrogen) atoms. The highest BCUT2D eigenvalue weighted by atomic mass is 79.9. The van der Waals surface area contributed by atoms with Crippen LogP contribution in [0.1, 0.15) is 5.82 Å². The zero-order chi connectivity index (χ0) is 15.0. The van der Waals surface area contributed by atoms with Gasteiger partial charge < -0.3 is 4.74 Å². The number of rotatable bonds is 3. The minimum atomic E-state index is -0.360. The zero-order valence-electron chi connectivity index (χ0n) is 11.1. The zero-order valence-corrected chi connectivity index (χ0v) is 13.4. The van der Waals surface area contributed by atoms with E-state index in [1.54, 1.807) is 13.2 Å². The molecule has 3 nitrogen and oxygen atoms in total. The average Bonchev–Trinajstić information content (AvgIpc) is 2.88. The van der Waals surface area contributed by atoms with Crippen LogP contribution in [-0.4, -0.2) is 16.7 Å². The third-order valence-corrected chi connectivity index (χ3v) is 4.11. The minimum absolute atomic E-state index is 0.187. The van der Waals surface area contributed by atoms with Crippen LogP contribution in [-0.2, 0) is 5.88 Å². The van der Waals surface area contributed by atoms with Gasteiger partial charge in [0.05, 0.1) is 28.7 Å². The number of hydrogen-bond acceptors (Lipinski definition) is 2. The second-order valence-electron chi connectivity index (χ2n) is 4.42. The molecule has 6 heteroatoms. The van der Waals surface area contributed by atoms with Gasteiger partial charge in [-0.25, -0.2) is 9.37 Å². The maximum atomic E-state index is 13.9. The molecule has 0 atom stereocenters. The first-order chi connectivity index (χ1) is 10.2. The summed E-state index contributed by atoms with van der Waals surface area (Å²) in [5.41, 5.74) is 1.81. The van der Waals surface area contributed by atoms with Gasteiger partial charge in [0.25, 0.3) is 0 Å². The maximum absolute atomic E-state index is 13.9. The fraction of sp³-hybridized carbons (Fsp3) is 0.133. The summed E-state index contributed by atoms with van der Waals surface area (Å²) in [6, 6.07) is 10.5. The Labute approximate surface area is 134 Å². The van der Waals surface area contributed by atoms with Crippen LogP contribution in [0.3, 0.4) is 0 Å². The molecular weight excluding hydrogens is 359 g/mol. The standard InChI is InChI=1S/C15H11BrClFN2O/c1-21-13-7-9(5-6-10(13)16)20-12-4-2-3-11(18)15(12)19-14(20)8-17/h2-7H,8H2,1H3. The fourth-order valence-electron chi connectivity index (χ4n) is 2.28. The number of para-hydroxylation sites is 1. The molecule has 0 unspecified atom stereocenters. The fourth-order valence-corrected chi connectivity index (χ4v) is 2.87. The summed E-state index contributed by atoms with van der Waals surface area (Å²) >= 11 is 9.38. The number of fused-ring (bicyclic) bond motifs is 1. The molecule has 0 aliphatic rings. The Bertz CT molecular complexity index is 819. The van der Waals surface area contributed by atoms with Gasteiger partial charge in [-0.1, -0.05) is 6.07 Å². The first-order valence-corrected chi connectivity index (χ1v) is 7.54. The lowest BCUT2D eigenvalue weighted by Crippen LogP contribution is -2.00. The quantitative estimate of drug-likeness (QED) is 0.627. The molecule has 2 aromatic carbocycles. The molecule has 0 radical (unpaired) electrons. The van der Waals surface area contributed by atoms with Crippen molar-refractivity contribution in [2.75, 3.05) is 7.11 Å². The van der Waals surface area contributed by atoms with Crippen molar-refractivity contribution in [1.82, 2.24) is 9.55 Å². The van der Waals surface area contributed by atoms with Gasteiger partial charge in [-0.3, -0.25) is 4.57 Å². The Kier molecular flexibility index (Phi) is 3.87. The molecule has 0 N–H and O–H groups in total. The van der Waals surface area contributed by atoms with E-state index in [9.17, 15) is 4.39 Å². The Morgan fingerprint density at radius 1 is 1.33 bits per heavy atom. The number of benzene rings is 2. The van der Waals surface area contributed by atoms with E-state index >= 15 is 0 Å². The number of hydrogen-bond donors (Lipinski definition) is 0. The Balaban J connectivity index is 2.31. The topological polar surface area (TPSA) is 27.1 Å². The van der Waals surface area contributed by atoms with Crippen molar-refractivity contribution >= 4 is 38.6 Å². The van der Waals surface area contributed by atoms with E-state index in [1.807, 2.05) is 28.8 Å². The molecule has 0 saturated heterocycles. The monoisotopic (exact) mass is 368 g/mol. The lowest BCUT2D eigenvalue weighted by molar-refractivity contribution is 0.412. The highest BCUT2D eigenvalue weighted by molar-refractivity contribution is 9.10. The third kappa shape index (κ3) is 2.40. The summed E-state index contributed by atoms with van der Waals surface area (Å²) < 4.78 is 21.9. The second kappa shape index (κ2) is 5.66. The molecule has 0 fully saturated rings. The van der Waals surface area contributed by atoms with E-state index in [0.29, 0.717) is 22.6 Å². The first kappa shape index (κ1) is 14.4. The number of nitrogens with zero attached hydrogens (tertiary/aromatic N) is 2.